The predicted molar refractivity (Wildman–Crippen MR) is 121 cm³/mol. The highest BCUT2D eigenvalue weighted by Gasteiger charge is 2.36. The van der Waals surface area contributed by atoms with Gasteiger partial charge >= 0.3 is 6.18 Å². The van der Waals surface area contributed by atoms with Crippen molar-refractivity contribution in [3.05, 3.63) is 60.2 Å². The lowest BCUT2D eigenvalue weighted by Crippen LogP contribution is -2.28. The van der Waals surface area contributed by atoms with Crippen LogP contribution in [0, 0.1) is 5.92 Å². The van der Waals surface area contributed by atoms with Gasteiger partial charge in [-0.05, 0) is 30.7 Å². The molecule has 1 aromatic heterocycles. The Morgan fingerprint density at radius 2 is 2.03 bits per heavy atom. The Kier molecular flexibility index (Phi) is 6.79. The molecule has 0 unspecified atom stereocenters. The number of hydrogen-bond acceptors (Lipinski definition) is 5. The van der Waals surface area contributed by atoms with Crippen molar-refractivity contribution in [2.75, 3.05) is 11.9 Å². The average Bonchev–Trinajstić information content (AvgIpc) is 3.43. The summed E-state index contributed by atoms with van der Waals surface area (Å²) in [6, 6.07) is 14.7. The van der Waals surface area contributed by atoms with Crippen LogP contribution in [0.2, 0.25) is 0 Å². The molecule has 0 saturated carbocycles. The Labute approximate surface area is 198 Å². The second-order valence-electron chi connectivity index (χ2n) is 8.24. The van der Waals surface area contributed by atoms with Crippen LogP contribution in [0.4, 0.5) is 19.0 Å². The Bertz CT molecular complexity index is 1240. The predicted octanol–water partition coefficient (Wildman–Crippen LogP) is 3.79. The molecule has 2 amide bonds. The normalized spacial score (nSPS) is 16.7. The second kappa shape index (κ2) is 9.79. The number of nitrogens with one attached hydrogen (secondary N) is 2. The highest BCUT2D eigenvalue weighted by atomic mass is 19.4. The van der Waals surface area contributed by atoms with E-state index in [0.717, 1.165) is 6.92 Å². The number of aromatic nitrogens is 2. The minimum absolute atomic E-state index is 0.00775. The van der Waals surface area contributed by atoms with Crippen LogP contribution in [0.15, 0.2) is 54.6 Å². The number of carbonyl (C=O) groups excluding carboxylic acids is 2. The SMILES string of the molecule is C[C@@H](OCc1cccc(-c2cc(NC(=O)[C@@H]3CNC(=O)C3)nn2-c2cccc(O)c2)c1)C(F)(F)F. The van der Waals surface area contributed by atoms with Gasteiger partial charge in [-0.3, -0.25) is 9.59 Å². The maximum absolute atomic E-state index is 12.8. The molecular weight excluding hydrogens is 465 g/mol. The third-order valence-corrected chi connectivity index (χ3v) is 5.57. The molecule has 0 bridgehead atoms. The van der Waals surface area contributed by atoms with Crippen LogP contribution in [0.3, 0.4) is 0 Å². The molecule has 4 rings (SSSR count). The van der Waals surface area contributed by atoms with Gasteiger partial charge in [0.15, 0.2) is 11.9 Å². The van der Waals surface area contributed by atoms with Gasteiger partial charge in [0.2, 0.25) is 11.8 Å². The molecule has 2 heterocycles. The number of ether oxygens (including phenoxy) is 1. The summed E-state index contributed by atoms with van der Waals surface area (Å²) in [6.45, 7) is 0.938. The monoisotopic (exact) mass is 488 g/mol. The Balaban J connectivity index is 1.64. The van der Waals surface area contributed by atoms with Crippen molar-refractivity contribution >= 4 is 17.6 Å². The van der Waals surface area contributed by atoms with Crippen molar-refractivity contribution in [3.8, 4) is 22.7 Å². The number of phenolic OH excluding ortho intramolecular Hbond substituents is 1. The lowest BCUT2D eigenvalue weighted by molar-refractivity contribution is -0.217. The number of alkyl halides is 3. The minimum Gasteiger partial charge on any atom is -0.508 e. The summed E-state index contributed by atoms with van der Waals surface area (Å²) in [5, 5.41) is 19.7. The van der Waals surface area contributed by atoms with Gasteiger partial charge < -0.3 is 20.5 Å². The maximum Gasteiger partial charge on any atom is 0.414 e. The van der Waals surface area contributed by atoms with Gasteiger partial charge in [-0.15, -0.1) is 5.10 Å². The van der Waals surface area contributed by atoms with Crippen LogP contribution >= 0.6 is 0 Å². The molecule has 1 aliphatic heterocycles. The number of hydrogen-bond donors (Lipinski definition) is 3. The van der Waals surface area contributed by atoms with Gasteiger partial charge in [-0.1, -0.05) is 24.3 Å². The molecule has 8 nitrogen and oxygen atoms in total. The molecule has 0 radical (unpaired) electrons. The first kappa shape index (κ1) is 24.3. The van der Waals surface area contributed by atoms with Crippen LogP contribution in [0.5, 0.6) is 5.75 Å². The van der Waals surface area contributed by atoms with Crippen molar-refractivity contribution in [2.45, 2.75) is 32.2 Å². The molecule has 2 atom stereocenters. The average molecular weight is 488 g/mol. The zero-order valence-corrected chi connectivity index (χ0v) is 18.7. The Morgan fingerprint density at radius 3 is 2.71 bits per heavy atom. The summed E-state index contributed by atoms with van der Waals surface area (Å²) in [4.78, 5) is 24.0. The lowest BCUT2D eigenvalue weighted by atomic mass is 10.1. The molecular formula is C24H23F3N4O4. The summed E-state index contributed by atoms with van der Waals surface area (Å²) < 4.78 is 44.9. The van der Waals surface area contributed by atoms with Crippen molar-refractivity contribution in [3.63, 3.8) is 0 Å². The van der Waals surface area contributed by atoms with E-state index in [9.17, 15) is 27.9 Å². The third kappa shape index (κ3) is 5.80. The summed E-state index contributed by atoms with van der Waals surface area (Å²) in [6.07, 6.45) is -6.29. The number of aromatic hydroxyl groups is 1. The van der Waals surface area contributed by atoms with Crippen LogP contribution in [-0.4, -0.2) is 45.5 Å². The number of phenols is 1. The molecule has 3 N–H and O–H groups in total. The van der Waals surface area contributed by atoms with Gasteiger partial charge in [0.1, 0.15) is 5.75 Å². The quantitative estimate of drug-likeness (QED) is 0.469. The van der Waals surface area contributed by atoms with E-state index in [4.69, 9.17) is 4.74 Å². The standard InChI is InChI=1S/C24H23F3N4O4/c1-14(24(25,26)27)35-13-15-4-2-5-16(8-15)20-11-21(29-23(34)17-9-22(33)28-12-17)30-31(20)18-6-3-7-19(32)10-18/h2-8,10-11,14,17,32H,9,12-13H2,1H3,(H,28,33)(H,29,30,34)/t14-,17+/m1/s1. The van der Waals surface area contributed by atoms with Crippen LogP contribution in [0.25, 0.3) is 16.9 Å². The molecule has 1 fully saturated rings. The van der Waals surface area contributed by atoms with E-state index in [0.29, 0.717) is 22.5 Å². The first-order chi connectivity index (χ1) is 16.6. The van der Waals surface area contributed by atoms with E-state index in [1.807, 2.05) is 0 Å². The summed E-state index contributed by atoms with van der Waals surface area (Å²) >= 11 is 0. The first-order valence-electron chi connectivity index (χ1n) is 10.8. The van der Waals surface area contributed by atoms with E-state index in [-0.39, 0.29) is 43.0 Å². The van der Waals surface area contributed by atoms with Gasteiger partial charge in [-0.2, -0.15) is 13.2 Å². The fraction of sp³-hybridized carbons (Fsp3) is 0.292. The molecule has 0 aliphatic carbocycles. The van der Waals surface area contributed by atoms with E-state index >= 15 is 0 Å². The van der Waals surface area contributed by atoms with Crippen LogP contribution < -0.4 is 10.6 Å². The lowest BCUT2D eigenvalue weighted by Gasteiger charge is -2.16. The molecule has 11 heteroatoms. The maximum atomic E-state index is 12.8. The Hall–Kier alpha value is -3.86. The van der Waals surface area contributed by atoms with Crippen LogP contribution in [0.1, 0.15) is 18.9 Å². The van der Waals surface area contributed by atoms with Gasteiger partial charge in [0, 0.05) is 30.7 Å². The van der Waals surface area contributed by atoms with E-state index in [1.54, 1.807) is 42.5 Å². The number of halogens is 3. The molecule has 2 aromatic carbocycles. The van der Waals surface area contributed by atoms with E-state index in [2.05, 4.69) is 15.7 Å². The molecule has 3 aromatic rings. The Morgan fingerprint density at radius 1 is 1.26 bits per heavy atom. The van der Waals surface area contributed by atoms with Crippen molar-refractivity contribution in [2.24, 2.45) is 5.92 Å². The summed E-state index contributed by atoms with van der Waals surface area (Å²) in [7, 11) is 0. The second-order valence-corrected chi connectivity index (χ2v) is 8.24. The third-order valence-electron chi connectivity index (χ3n) is 5.57. The van der Waals surface area contributed by atoms with Crippen molar-refractivity contribution in [1.29, 1.82) is 0 Å². The van der Waals surface area contributed by atoms with Gasteiger partial charge in [-0.25, -0.2) is 4.68 Å². The van der Waals surface area contributed by atoms with Crippen LogP contribution in [-0.2, 0) is 20.9 Å². The molecule has 35 heavy (non-hydrogen) atoms. The number of nitrogens with zero attached hydrogens (tertiary/aromatic N) is 2. The van der Waals surface area contributed by atoms with Gasteiger partial charge in [0.05, 0.1) is 23.9 Å². The minimum atomic E-state index is -4.46. The van der Waals surface area contributed by atoms with E-state index in [1.165, 1.54) is 16.8 Å². The fourth-order valence-electron chi connectivity index (χ4n) is 3.62. The fourth-order valence-corrected chi connectivity index (χ4v) is 3.62. The van der Waals surface area contributed by atoms with Crippen molar-refractivity contribution < 1.29 is 32.6 Å². The highest BCUT2D eigenvalue weighted by molar-refractivity contribution is 5.97. The molecule has 0 spiro atoms. The van der Waals surface area contributed by atoms with E-state index < -0.39 is 18.2 Å². The smallest absolute Gasteiger partial charge is 0.414 e. The number of amides is 2. The molecule has 184 valence electrons. The number of carbonyl (C=O) groups is 2. The number of benzene rings is 2. The highest BCUT2D eigenvalue weighted by Crippen LogP contribution is 2.29. The topological polar surface area (TPSA) is 105 Å². The largest absolute Gasteiger partial charge is 0.508 e. The zero-order valence-electron chi connectivity index (χ0n) is 18.7. The number of rotatable bonds is 7. The molecule has 1 saturated heterocycles. The number of anilines is 1. The first-order valence-corrected chi connectivity index (χ1v) is 10.8. The summed E-state index contributed by atoms with van der Waals surface area (Å²) in [5.74, 6) is -0.852. The van der Waals surface area contributed by atoms with Crippen molar-refractivity contribution in [1.82, 2.24) is 15.1 Å². The van der Waals surface area contributed by atoms with Gasteiger partial charge in [0.25, 0.3) is 0 Å². The zero-order chi connectivity index (χ0) is 25.2. The summed E-state index contributed by atoms with van der Waals surface area (Å²) in [5.41, 5.74) is 2.16. The molecule has 1 aliphatic rings.